The SMILES string of the molecule is O=Cc1ccc(Cl)cc1N(CC1CC1)CC1CC1. The summed E-state index contributed by atoms with van der Waals surface area (Å²) in [5.74, 6) is 1.64. The van der Waals surface area contributed by atoms with E-state index in [1.54, 1.807) is 6.07 Å². The molecule has 0 N–H and O–H groups in total. The van der Waals surface area contributed by atoms with Crippen molar-refractivity contribution in [3.8, 4) is 0 Å². The molecular formula is C15H18ClNO. The third-order valence-corrected chi connectivity index (χ3v) is 4.05. The summed E-state index contributed by atoms with van der Waals surface area (Å²) in [4.78, 5) is 13.6. The number of anilines is 1. The predicted molar refractivity (Wildman–Crippen MR) is 74.5 cm³/mol. The van der Waals surface area contributed by atoms with Gasteiger partial charge in [0.15, 0.2) is 6.29 Å². The van der Waals surface area contributed by atoms with Gasteiger partial charge in [0.2, 0.25) is 0 Å². The molecule has 2 aliphatic rings. The first-order valence-corrected chi connectivity index (χ1v) is 7.13. The van der Waals surface area contributed by atoms with Crippen LogP contribution in [0, 0.1) is 11.8 Å². The number of nitrogens with zero attached hydrogens (tertiary/aromatic N) is 1. The molecule has 0 spiro atoms. The molecule has 0 atom stereocenters. The second-order valence-corrected chi connectivity index (χ2v) is 6.05. The molecule has 2 saturated carbocycles. The minimum Gasteiger partial charge on any atom is -0.370 e. The van der Waals surface area contributed by atoms with Gasteiger partial charge in [-0.15, -0.1) is 0 Å². The Hall–Kier alpha value is -1.02. The summed E-state index contributed by atoms with van der Waals surface area (Å²) in [7, 11) is 0. The molecule has 1 aromatic rings. The second kappa shape index (κ2) is 4.93. The van der Waals surface area contributed by atoms with E-state index >= 15 is 0 Å². The number of aldehydes is 1. The van der Waals surface area contributed by atoms with Gasteiger partial charge in [0.05, 0.1) is 0 Å². The van der Waals surface area contributed by atoms with E-state index in [-0.39, 0.29) is 0 Å². The molecular weight excluding hydrogens is 246 g/mol. The molecule has 2 fully saturated rings. The van der Waals surface area contributed by atoms with Gasteiger partial charge in [-0.25, -0.2) is 0 Å². The Kier molecular flexibility index (Phi) is 3.29. The molecule has 0 aliphatic heterocycles. The van der Waals surface area contributed by atoms with E-state index in [9.17, 15) is 4.79 Å². The van der Waals surface area contributed by atoms with E-state index in [1.165, 1.54) is 25.7 Å². The fourth-order valence-electron chi connectivity index (χ4n) is 2.39. The minimum absolute atomic E-state index is 0.715. The highest BCUT2D eigenvalue weighted by molar-refractivity contribution is 6.31. The zero-order valence-electron chi connectivity index (χ0n) is 10.4. The molecule has 0 amide bonds. The zero-order chi connectivity index (χ0) is 12.5. The molecule has 18 heavy (non-hydrogen) atoms. The van der Waals surface area contributed by atoms with E-state index in [0.717, 1.165) is 42.5 Å². The molecule has 0 heterocycles. The number of rotatable bonds is 6. The Labute approximate surface area is 113 Å². The van der Waals surface area contributed by atoms with Crippen molar-refractivity contribution in [1.82, 2.24) is 0 Å². The van der Waals surface area contributed by atoms with Crippen molar-refractivity contribution in [1.29, 1.82) is 0 Å². The molecule has 0 aromatic heterocycles. The molecule has 96 valence electrons. The van der Waals surface area contributed by atoms with Crippen LogP contribution in [0.5, 0.6) is 0 Å². The van der Waals surface area contributed by atoms with Crippen molar-refractivity contribution in [2.75, 3.05) is 18.0 Å². The summed E-state index contributed by atoms with van der Waals surface area (Å²) < 4.78 is 0. The van der Waals surface area contributed by atoms with E-state index in [0.29, 0.717) is 5.02 Å². The van der Waals surface area contributed by atoms with Crippen LogP contribution in [0.2, 0.25) is 5.02 Å². The Bertz CT molecular complexity index is 438. The summed E-state index contributed by atoms with van der Waals surface area (Å²) in [5, 5.41) is 0.715. The topological polar surface area (TPSA) is 20.3 Å². The normalized spacial score (nSPS) is 18.7. The van der Waals surface area contributed by atoms with Crippen molar-refractivity contribution in [3.63, 3.8) is 0 Å². The van der Waals surface area contributed by atoms with E-state index < -0.39 is 0 Å². The van der Waals surface area contributed by atoms with Gasteiger partial charge in [-0.3, -0.25) is 4.79 Å². The lowest BCUT2D eigenvalue weighted by Crippen LogP contribution is -2.29. The van der Waals surface area contributed by atoms with Crippen LogP contribution in [0.15, 0.2) is 18.2 Å². The number of hydrogen-bond donors (Lipinski definition) is 0. The van der Waals surface area contributed by atoms with E-state index in [4.69, 9.17) is 11.6 Å². The Morgan fingerprint density at radius 2 is 1.78 bits per heavy atom. The van der Waals surface area contributed by atoms with Gasteiger partial charge in [0, 0.05) is 29.4 Å². The van der Waals surface area contributed by atoms with E-state index in [1.807, 2.05) is 12.1 Å². The molecule has 2 nitrogen and oxygen atoms in total. The first-order chi connectivity index (χ1) is 8.76. The molecule has 2 aliphatic carbocycles. The number of carbonyl (C=O) groups excluding carboxylic acids is 1. The highest BCUT2D eigenvalue weighted by atomic mass is 35.5. The number of halogens is 1. The summed E-state index contributed by atoms with van der Waals surface area (Å²) in [6, 6.07) is 5.56. The Balaban J connectivity index is 1.85. The van der Waals surface area contributed by atoms with Crippen LogP contribution >= 0.6 is 11.6 Å². The van der Waals surface area contributed by atoms with Gasteiger partial charge in [-0.05, 0) is 55.7 Å². The van der Waals surface area contributed by atoms with Crippen LogP contribution < -0.4 is 4.90 Å². The van der Waals surface area contributed by atoms with Gasteiger partial charge in [0.1, 0.15) is 0 Å². The van der Waals surface area contributed by atoms with Crippen LogP contribution in [-0.4, -0.2) is 19.4 Å². The first-order valence-electron chi connectivity index (χ1n) is 6.76. The summed E-state index contributed by atoms with van der Waals surface area (Å²) in [6.45, 7) is 2.16. The largest absolute Gasteiger partial charge is 0.370 e. The standard InChI is InChI=1S/C15H18ClNO/c16-14-6-5-13(10-18)15(7-14)17(8-11-1-2-11)9-12-3-4-12/h5-7,10-12H,1-4,8-9H2. The predicted octanol–water partition coefficient (Wildman–Crippen LogP) is 3.78. The van der Waals surface area contributed by atoms with Crippen molar-refractivity contribution in [2.45, 2.75) is 25.7 Å². The zero-order valence-corrected chi connectivity index (χ0v) is 11.2. The summed E-state index contributed by atoms with van der Waals surface area (Å²) >= 11 is 6.08. The third-order valence-electron chi connectivity index (χ3n) is 3.81. The molecule has 3 rings (SSSR count). The third kappa shape index (κ3) is 2.86. The summed E-state index contributed by atoms with van der Waals surface area (Å²) in [6.07, 6.45) is 6.27. The smallest absolute Gasteiger partial charge is 0.152 e. The number of carbonyl (C=O) groups is 1. The van der Waals surface area contributed by atoms with Gasteiger partial charge in [-0.1, -0.05) is 11.6 Å². The van der Waals surface area contributed by atoms with Crippen molar-refractivity contribution < 1.29 is 4.79 Å². The van der Waals surface area contributed by atoms with Crippen molar-refractivity contribution in [2.24, 2.45) is 11.8 Å². The number of hydrogen-bond acceptors (Lipinski definition) is 2. The van der Waals surface area contributed by atoms with Gasteiger partial charge in [-0.2, -0.15) is 0 Å². The maximum Gasteiger partial charge on any atom is 0.152 e. The van der Waals surface area contributed by atoms with Gasteiger partial charge >= 0.3 is 0 Å². The van der Waals surface area contributed by atoms with Gasteiger partial charge < -0.3 is 4.90 Å². The van der Waals surface area contributed by atoms with Crippen LogP contribution in [0.25, 0.3) is 0 Å². The monoisotopic (exact) mass is 263 g/mol. The first kappa shape index (κ1) is 12.0. The maximum atomic E-state index is 11.2. The fourth-order valence-corrected chi connectivity index (χ4v) is 2.55. The van der Waals surface area contributed by atoms with Crippen LogP contribution in [-0.2, 0) is 0 Å². The molecule has 0 saturated heterocycles. The Morgan fingerprint density at radius 3 is 2.28 bits per heavy atom. The van der Waals surface area contributed by atoms with Gasteiger partial charge in [0.25, 0.3) is 0 Å². The fraction of sp³-hybridized carbons (Fsp3) is 0.533. The molecule has 0 radical (unpaired) electrons. The molecule has 1 aromatic carbocycles. The lowest BCUT2D eigenvalue weighted by Gasteiger charge is -2.26. The van der Waals surface area contributed by atoms with Crippen LogP contribution in [0.4, 0.5) is 5.69 Å². The summed E-state index contributed by atoms with van der Waals surface area (Å²) in [5.41, 5.74) is 1.79. The van der Waals surface area contributed by atoms with Crippen molar-refractivity contribution in [3.05, 3.63) is 28.8 Å². The lowest BCUT2D eigenvalue weighted by molar-refractivity contribution is 0.112. The number of benzene rings is 1. The van der Waals surface area contributed by atoms with Crippen molar-refractivity contribution >= 4 is 23.6 Å². The average Bonchev–Trinajstić information content (AvgIpc) is 3.23. The highest BCUT2D eigenvalue weighted by Crippen LogP contribution is 2.37. The van der Waals surface area contributed by atoms with Crippen LogP contribution in [0.3, 0.4) is 0 Å². The highest BCUT2D eigenvalue weighted by Gasteiger charge is 2.30. The maximum absolute atomic E-state index is 11.2. The quantitative estimate of drug-likeness (QED) is 0.728. The minimum atomic E-state index is 0.715. The van der Waals surface area contributed by atoms with Crippen LogP contribution in [0.1, 0.15) is 36.0 Å². The lowest BCUT2D eigenvalue weighted by atomic mass is 10.1. The molecule has 0 bridgehead atoms. The average molecular weight is 264 g/mol. The second-order valence-electron chi connectivity index (χ2n) is 5.61. The van der Waals surface area contributed by atoms with E-state index in [2.05, 4.69) is 4.90 Å². The molecule has 3 heteroatoms. The Morgan fingerprint density at radius 1 is 1.17 bits per heavy atom. The molecule has 0 unspecified atom stereocenters.